The predicted octanol–water partition coefficient (Wildman–Crippen LogP) is 0.603. The van der Waals surface area contributed by atoms with Gasteiger partial charge in [0.05, 0.1) is 0 Å². The monoisotopic (exact) mass is 270 g/mol. The van der Waals surface area contributed by atoms with Crippen LogP contribution in [0.5, 0.6) is 0 Å². The fraction of sp³-hybridized carbons (Fsp3) is 1.00. The van der Waals surface area contributed by atoms with E-state index in [2.05, 4.69) is 11.8 Å². The topological polar surface area (TPSA) is 0 Å². The van der Waals surface area contributed by atoms with Crippen LogP contribution in [-0.2, 0) is 0 Å². The average molecular weight is 270 g/mol. The summed E-state index contributed by atoms with van der Waals surface area (Å²) in [5, 5.41) is 2.83. The second-order valence-electron chi connectivity index (χ2n) is 1.90. The Labute approximate surface area is 79.9 Å². The third-order valence-corrected chi connectivity index (χ3v) is 3.85. The molecule has 0 saturated carbocycles. The first-order chi connectivity index (χ1) is 4.41. The average Bonchev–Trinajstić information content (AvgIpc) is 1.89. The normalized spacial score (nSPS) is 10.0. The van der Waals surface area contributed by atoms with E-state index in [0.717, 1.165) is 0 Å². The molecule has 0 fully saturated rings. The Kier molecular flexibility index (Phi) is 11.0. The summed E-state index contributed by atoms with van der Waals surface area (Å²) in [6, 6.07) is 0. The van der Waals surface area contributed by atoms with E-state index in [1.54, 1.807) is 0 Å². The molecule has 0 aromatic heterocycles. The molecule has 0 N–H and O–H groups in total. The third-order valence-electron chi connectivity index (χ3n) is 0.986. The summed E-state index contributed by atoms with van der Waals surface area (Å²) in [6.07, 6.45) is 2.86. The molecule has 0 nitrogen and oxygen atoms in total. The van der Waals surface area contributed by atoms with Gasteiger partial charge in [0, 0.05) is 0 Å². The first-order valence-electron chi connectivity index (χ1n) is 3.39. The molecule has 0 aliphatic heterocycles. The summed E-state index contributed by atoms with van der Waals surface area (Å²) in [7, 11) is 0. The molecule has 0 aromatic carbocycles. The van der Waals surface area contributed by atoms with Gasteiger partial charge in [0.25, 0.3) is 0 Å². The molecule has 0 saturated heterocycles. The Morgan fingerprint density at radius 2 is 1.33 bits per heavy atom. The van der Waals surface area contributed by atoms with Crippen molar-refractivity contribution in [2.75, 3.05) is 11.5 Å². The van der Waals surface area contributed by atoms with Gasteiger partial charge in [-0.1, -0.05) is 0 Å². The zero-order valence-electron chi connectivity index (χ0n) is 5.81. The minimum absolute atomic E-state index is 1.39. The Bertz CT molecular complexity index is 44.3. The van der Waals surface area contributed by atoms with Gasteiger partial charge in [0.15, 0.2) is 0 Å². The van der Waals surface area contributed by atoms with Crippen LogP contribution in [0.3, 0.4) is 0 Å². The number of hydrogen-bond acceptors (Lipinski definition) is 1. The standard InChI is InChI=1S/C6H16As2S/c7-3-1-5-9-6-2-4-8/h1-8H2. The molecule has 56 valence electrons. The van der Waals surface area contributed by atoms with Crippen LogP contribution >= 0.6 is 11.8 Å². The van der Waals surface area contributed by atoms with Crippen LogP contribution in [0.1, 0.15) is 12.8 Å². The molecule has 0 radical (unpaired) electrons. The van der Waals surface area contributed by atoms with Crippen molar-refractivity contribution in [3.05, 3.63) is 0 Å². The summed E-state index contributed by atoms with van der Waals surface area (Å²) < 4.78 is 0. The van der Waals surface area contributed by atoms with E-state index in [1.165, 1.54) is 34.8 Å². The van der Waals surface area contributed by atoms with Crippen molar-refractivity contribution in [3.63, 3.8) is 0 Å². The van der Waals surface area contributed by atoms with Crippen LogP contribution in [0.4, 0.5) is 0 Å². The zero-order chi connectivity index (χ0) is 6.95. The molecule has 0 amide bonds. The molecule has 0 rings (SSSR count). The summed E-state index contributed by atoms with van der Waals surface area (Å²) in [4.78, 5) is 0. The fourth-order valence-electron chi connectivity index (χ4n) is 0.473. The molecule has 0 heterocycles. The second-order valence-corrected chi connectivity index (χ2v) is 5.54. The molecular formula is C6H16As2S. The van der Waals surface area contributed by atoms with Crippen molar-refractivity contribution in [1.82, 2.24) is 0 Å². The van der Waals surface area contributed by atoms with E-state index in [4.69, 9.17) is 0 Å². The molecule has 2 atom stereocenters. The second kappa shape index (κ2) is 9.47. The fourth-order valence-corrected chi connectivity index (χ4v) is 3.52. The van der Waals surface area contributed by atoms with Gasteiger partial charge >= 0.3 is 80.2 Å². The molecule has 0 aromatic rings. The van der Waals surface area contributed by atoms with E-state index >= 15 is 0 Å². The molecule has 0 aliphatic rings. The number of rotatable bonds is 6. The quantitative estimate of drug-likeness (QED) is 0.503. The van der Waals surface area contributed by atoms with Gasteiger partial charge in [-0.15, -0.1) is 0 Å². The van der Waals surface area contributed by atoms with Crippen molar-refractivity contribution in [2.24, 2.45) is 0 Å². The summed E-state index contributed by atoms with van der Waals surface area (Å²) in [6.45, 7) is 0. The van der Waals surface area contributed by atoms with E-state index < -0.39 is 0 Å². The van der Waals surface area contributed by atoms with Gasteiger partial charge in [-0.05, 0) is 0 Å². The summed E-state index contributed by atoms with van der Waals surface area (Å²) >= 11 is 5.86. The zero-order valence-corrected chi connectivity index (χ0v) is 11.5. The van der Waals surface area contributed by atoms with Crippen molar-refractivity contribution >= 4 is 45.5 Å². The van der Waals surface area contributed by atoms with Gasteiger partial charge in [0.1, 0.15) is 0 Å². The van der Waals surface area contributed by atoms with E-state index in [1.807, 2.05) is 33.7 Å². The molecule has 9 heavy (non-hydrogen) atoms. The Balaban J connectivity index is 2.60. The van der Waals surface area contributed by atoms with Crippen LogP contribution in [0.15, 0.2) is 0 Å². The van der Waals surface area contributed by atoms with Crippen molar-refractivity contribution in [3.8, 4) is 0 Å². The molecular weight excluding hydrogens is 254 g/mol. The molecule has 0 spiro atoms. The first-order valence-corrected chi connectivity index (χ1v) is 7.97. The minimum atomic E-state index is 1.39. The van der Waals surface area contributed by atoms with E-state index in [9.17, 15) is 0 Å². The SMILES string of the molecule is [AsH2]CCCSCCC[AsH2]. The third kappa shape index (κ3) is 9.47. The Hall–Kier alpha value is 1.47. The van der Waals surface area contributed by atoms with E-state index in [0.29, 0.717) is 0 Å². The first kappa shape index (κ1) is 10.5. The Morgan fingerprint density at radius 1 is 0.889 bits per heavy atom. The summed E-state index contributed by atoms with van der Waals surface area (Å²) in [5.74, 6) is 2.79. The molecule has 0 aliphatic carbocycles. The van der Waals surface area contributed by atoms with Gasteiger partial charge in [-0.25, -0.2) is 0 Å². The van der Waals surface area contributed by atoms with Gasteiger partial charge < -0.3 is 0 Å². The van der Waals surface area contributed by atoms with Gasteiger partial charge in [-0.2, -0.15) is 0 Å². The van der Waals surface area contributed by atoms with E-state index in [-0.39, 0.29) is 0 Å². The Morgan fingerprint density at radius 3 is 1.67 bits per heavy atom. The van der Waals surface area contributed by atoms with Crippen molar-refractivity contribution in [2.45, 2.75) is 23.3 Å². The van der Waals surface area contributed by atoms with Crippen LogP contribution in [0.2, 0.25) is 10.4 Å². The molecule has 2 unspecified atom stereocenters. The maximum atomic E-state index is 2.12. The van der Waals surface area contributed by atoms with Crippen LogP contribution < -0.4 is 0 Å². The van der Waals surface area contributed by atoms with Crippen LogP contribution in [0, 0.1) is 0 Å². The molecule has 0 bridgehead atoms. The number of thioether (sulfide) groups is 1. The number of hydrogen-bond donors (Lipinski definition) is 0. The van der Waals surface area contributed by atoms with Crippen molar-refractivity contribution < 1.29 is 0 Å². The van der Waals surface area contributed by atoms with Gasteiger partial charge in [0.2, 0.25) is 0 Å². The van der Waals surface area contributed by atoms with Crippen LogP contribution in [-0.4, -0.2) is 45.2 Å². The summed E-state index contributed by atoms with van der Waals surface area (Å²) in [5.41, 5.74) is 0. The molecule has 3 heteroatoms. The van der Waals surface area contributed by atoms with Crippen molar-refractivity contribution in [1.29, 1.82) is 0 Å². The van der Waals surface area contributed by atoms with Gasteiger partial charge in [-0.3, -0.25) is 0 Å². The predicted molar refractivity (Wildman–Crippen MR) is 53.3 cm³/mol. The maximum absolute atomic E-state index is 2.12. The van der Waals surface area contributed by atoms with Crippen LogP contribution in [0.25, 0.3) is 0 Å².